The zero-order valence-electron chi connectivity index (χ0n) is 16.9. The first kappa shape index (κ1) is 18.2. The minimum Gasteiger partial charge on any atom is -0.207 e. The monoisotopic (exact) mass is 365 g/mol. The second-order valence-electron chi connectivity index (χ2n) is 7.58. The molecule has 138 valence electrons. The van der Waals surface area contributed by atoms with Gasteiger partial charge in [-0.05, 0) is 56.5 Å². The van der Waals surface area contributed by atoms with Crippen molar-refractivity contribution in [2.45, 2.75) is 27.7 Å². The van der Waals surface area contributed by atoms with E-state index < -0.39 is 0 Å². The van der Waals surface area contributed by atoms with Gasteiger partial charge < -0.3 is 0 Å². The van der Waals surface area contributed by atoms with Gasteiger partial charge in [-0.25, -0.2) is 4.42 Å². The highest BCUT2D eigenvalue weighted by atomic mass is 16.3. The predicted molar refractivity (Wildman–Crippen MR) is 118 cm³/mol. The highest BCUT2D eigenvalue weighted by Gasteiger charge is 2.23. The van der Waals surface area contributed by atoms with E-state index in [4.69, 9.17) is 4.42 Å². The zero-order valence-corrected chi connectivity index (χ0v) is 16.9. The Morgan fingerprint density at radius 3 is 1.46 bits per heavy atom. The van der Waals surface area contributed by atoms with E-state index in [-0.39, 0.29) is 0 Å². The summed E-state index contributed by atoms with van der Waals surface area (Å²) < 4.78 is 6.45. The average molecular weight is 365 g/mol. The van der Waals surface area contributed by atoms with E-state index in [9.17, 15) is 0 Å². The van der Waals surface area contributed by atoms with Crippen molar-refractivity contribution in [3.8, 4) is 33.8 Å². The van der Waals surface area contributed by atoms with Crippen LogP contribution in [0.5, 0.6) is 0 Å². The molecule has 1 aromatic heterocycles. The van der Waals surface area contributed by atoms with Crippen LogP contribution in [0.25, 0.3) is 33.8 Å². The van der Waals surface area contributed by atoms with E-state index in [1.807, 2.05) is 6.07 Å². The lowest BCUT2D eigenvalue weighted by Crippen LogP contribution is -1.90. The van der Waals surface area contributed by atoms with Crippen LogP contribution in [0.15, 0.2) is 83.3 Å². The average Bonchev–Trinajstić information content (AvgIpc) is 2.68. The predicted octanol–water partition coefficient (Wildman–Crippen LogP) is 7.80. The van der Waals surface area contributed by atoms with Crippen LogP contribution in [0.2, 0.25) is 0 Å². The third kappa shape index (κ3) is 3.61. The highest BCUT2D eigenvalue weighted by molar-refractivity contribution is 5.76. The molecule has 1 heterocycles. The van der Waals surface area contributed by atoms with Gasteiger partial charge in [-0.15, -0.1) is 0 Å². The molecule has 0 saturated carbocycles. The molecule has 0 amide bonds. The molecule has 0 unspecified atom stereocenters. The van der Waals surface area contributed by atoms with Crippen LogP contribution >= 0.6 is 0 Å². The van der Waals surface area contributed by atoms with E-state index in [0.717, 1.165) is 28.2 Å². The van der Waals surface area contributed by atoms with Crippen molar-refractivity contribution in [2.75, 3.05) is 0 Å². The van der Waals surface area contributed by atoms with Crippen molar-refractivity contribution < 1.29 is 4.42 Å². The highest BCUT2D eigenvalue weighted by Crippen LogP contribution is 2.35. The Bertz CT molecular complexity index is 1070. The first-order valence-electron chi connectivity index (χ1n) is 9.70. The van der Waals surface area contributed by atoms with E-state index >= 15 is 0 Å². The van der Waals surface area contributed by atoms with Crippen LogP contribution in [-0.4, -0.2) is 0 Å². The van der Waals surface area contributed by atoms with Crippen LogP contribution in [0, 0.1) is 27.7 Å². The number of hydrogen-bond acceptors (Lipinski definition) is 0. The number of rotatable bonds is 3. The largest absolute Gasteiger partial charge is 0.361 e. The maximum absolute atomic E-state index is 6.45. The van der Waals surface area contributed by atoms with Crippen LogP contribution in [0.1, 0.15) is 22.3 Å². The summed E-state index contributed by atoms with van der Waals surface area (Å²) >= 11 is 0. The van der Waals surface area contributed by atoms with Gasteiger partial charge in [0.25, 0.3) is 0 Å². The van der Waals surface area contributed by atoms with E-state index in [0.29, 0.717) is 0 Å². The third-order valence-corrected chi connectivity index (χ3v) is 5.19. The van der Waals surface area contributed by atoms with Crippen LogP contribution in [0.3, 0.4) is 0 Å². The maximum atomic E-state index is 6.45. The van der Waals surface area contributed by atoms with Crippen LogP contribution in [0.4, 0.5) is 0 Å². The lowest BCUT2D eigenvalue weighted by atomic mass is 9.97. The summed E-state index contributed by atoms with van der Waals surface area (Å²) in [6.07, 6.45) is 0. The van der Waals surface area contributed by atoms with Gasteiger partial charge >= 0.3 is 11.5 Å². The zero-order chi connectivity index (χ0) is 19.7. The molecular weight excluding hydrogens is 340 g/mol. The van der Waals surface area contributed by atoms with Gasteiger partial charge in [0.2, 0.25) is 0 Å². The Morgan fingerprint density at radius 1 is 0.500 bits per heavy atom. The van der Waals surface area contributed by atoms with Gasteiger partial charge in [0.05, 0.1) is 23.3 Å². The summed E-state index contributed by atoms with van der Waals surface area (Å²) in [4.78, 5) is 0. The molecule has 0 saturated heterocycles. The second-order valence-corrected chi connectivity index (χ2v) is 7.58. The third-order valence-electron chi connectivity index (χ3n) is 5.19. The normalized spacial score (nSPS) is 10.9. The quantitative estimate of drug-likeness (QED) is 0.337. The van der Waals surface area contributed by atoms with E-state index in [1.54, 1.807) is 0 Å². The van der Waals surface area contributed by atoms with Crippen molar-refractivity contribution in [1.82, 2.24) is 0 Å². The van der Waals surface area contributed by atoms with Gasteiger partial charge in [-0.3, -0.25) is 0 Å². The standard InChI is InChI=1S/C27H25O/c1-18-10-12-24(20(3)14-18)26-16-23(22-8-6-5-7-9-22)17-27(28-26)25-13-11-19(2)15-21(25)4/h5-17H,1-4H3/q+1. The fourth-order valence-electron chi connectivity index (χ4n) is 3.74. The lowest BCUT2D eigenvalue weighted by molar-refractivity contribution is 0.581. The molecular formula is C27H25O+. The van der Waals surface area contributed by atoms with E-state index in [1.165, 1.54) is 27.8 Å². The molecule has 0 aliphatic carbocycles. The molecule has 28 heavy (non-hydrogen) atoms. The van der Waals surface area contributed by atoms with Gasteiger partial charge in [-0.1, -0.05) is 65.7 Å². The molecule has 1 nitrogen and oxygen atoms in total. The molecule has 3 aromatic carbocycles. The molecule has 0 N–H and O–H groups in total. The van der Waals surface area contributed by atoms with Gasteiger partial charge in [0.1, 0.15) is 0 Å². The van der Waals surface area contributed by atoms with Gasteiger partial charge in [0, 0.05) is 5.56 Å². The molecule has 0 fully saturated rings. The molecule has 1 heteroatoms. The summed E-state index contributed by atoms with van der Waals surface area (Å²) in [5, 5.41) is 0. The molecule has 4 rings (SSSR count). The van der Waals surface area contributed by atoms with Crippen molar-refractivity contribution in [3.63, 3.8) is 0 Å². The number of benzene rings is 3. The Labute approximate surface area is 167 Å². The molecule has 0 spiro atoms. The molecule has 0 atom stereocenters. The summed E-state index contributed by atoms with van der Waals surface area (Å²) in [6.45, 7) is 8.53. The minimum absolute atomic E-state index is 0.897. The summed E-state index contributed by atoms with van der Waals surface area (Å²) in [6, 6.07) is 27.8. The molecule has 0 radical (unpaired) electrons. The first-order valence-corrected chi connectivity index (χ1v) is 9.70. The summed E-state index contributed by atoms with van der Waals surface area (Å²) in [7, 11) is 0. The smallest absolute Gasteiger partial charge is 0.207 e. The van der Waals surface area contributed by atoms with Crippen molar-refractivity contribution in [3.05, 3.63) is 101 Å². The molecule has 4 aromatic rings. The SMILES string of the molecule is Cc1ccc(-c2cc(-c3ccccc3)cc(-c3ccc(C)cc3C)[o+]2)c(C)c1. The summed E-state index contributed by atoms with van der Waals surface area (Å²) in [5.74, 6) is 1.79. The fraction of sp³-hybridized carbons (Fsp3) is 0.148. The number of aryl methyl sites for hydroxylation is 4. The van der Waals surface area contributed by atoms with Crippen LogP contribution < -0.4 is 0 Å². The Morgan fingerprint density at radius 2 is 1.00 bits per heavy atom. The van der Waals surface area contributed by atoms with Crippen LogP contribution in [-0.2, 0) is 0 Å². The lowest BCUT2D eigenvalue weighted by Gasteiger charge is -2.06. The topological polar surface area (TPSA) is 11.3 Å². The molecule has 0 aliphatic heterocycles. The van der Waals surface area contributed by atoms with E-state index in [2.05, 4.69) is 100 Å². The van der Waals surface area contributed by atoms with Crippen molar-refractivity contribution >= 4 is 0 Å². The maximum Gasteiger partial charge on any atom is 0.361 e. The second kappa shape index (κ2) is 7.44. The Balaban J connectivity index is 1.96. The molecule has 0 aliphatic rings. The Kier molecular flexibility index (Phi) is 4.83. The minimum atomic E-state index is 0.897. The van der Waals surface area contributed by atoms with Crippen molar-refractivity contribution in [2.24, 2.45) is 0 Å². The number of hydrogen-bond donors (Lipinski definition) is 0. The van der Waals surface area contributed by atoms with Crippen molar-refractivity contribution in [1.29, 1.82) is 0 Å². The Hall–Kier alpha value is -3.19. The fourth-order valence-corrected chi connectivity index (χ4v) is 3.74. The molecule has 0 bridgehead atoms. The summed E-state index contributed by atoms with van der Waals surface area (Å²) in [5.41, 5.74) is 9.59. The van der Waals surface area contributed by atoms with Gasteiger partial charge in [-0.2, -0.15) is 0 Å². The van der Waals surface area contributed by atoms with Gasteiger partial charge in [0.15, 0.2) is 0 Å². The first-order chi connectivity index (χ1) is 13.5.